The van der Waals surface area contributed by atoms with E-state index in [2.05, 4.69) is 28.8 Å². The Balaban J connectivity index is 1.78. The van der Waals surface area contributed by atoms with E-state index in [1.165, 1.54) is 0 Å². The van der Waals surface area contributed by atoms with Crippen molar-refractivity contribution in [2.45, 2.75) is 45.2 Å². The molecule has 0 aliphatic carbocycles. The van der Waals surface area contributed by atoms with Crippen molar-refractivity contribution in [1.29, 1.82) is 0 Å². The van der Waals surface area contributed by atoms with Gasteiger partial charge in [0.2, 0.25) is 0 Å². The zero-order valence-electron chi connectivity index (χ0n) is 12.3. The van der Waals surface area contributed by atoms with Gasteiger partial charge in [-0.05, 0) is 51.4 Å². The van der Waals surface area contributed by atoms with Crippen LogP contribution in [-0.4, -0.2) is 38.6 Å². The first-order chi connectivity index (χ1) is 9.67. The maximum Gasteiger partial charge on any atom is 0.155 e. The van der Waals surface area contributed by atoms with Crippen LogP contribution in [0.25, 0.3) is 5.65 Å². The Bertz CT molecular complexity index is 581. The summed E-state index contributed by atoms with van der Waals surface area (Å²) in [5.74, 6) is 1.48. The highest BCUT2D eigenvalue weighted by atomic mass is 15.3. The molecule has 0 radical (unpaired) electrons. The highest BCUT2D eigenvalue weighted by molar-refractivity contribution is 5.39. The summed E-state index contributed by atoms with van der Waals surface area (Å²) in [6, 6.07) is 4.66. The number of aromatic nitrogens is 3. The Kier molecular flexibility index (Phi) is 3.72. The van der Waals surface area contributed by atoms with Gasteiger partial charge in [0.15, 0.2) is 11.5 Å². The van der Waals surface area contributed by atoms with Crippen LogP contribution < -0.4 is 5.73 Å². The van der Waals surface area contributed by atoms with Crippen molar-refractivity contribution in [3.63, 3.8) is 0 Å². The quantitative estimate of drug-likeness (QED) is 0.926. The van der Waals surface area contributed by atoms with E-state index in [0.29, 0.717) is 18.5 Å². The van der Waals surface area contributed by atoms with E-state index in [-0.39, 0.29) is 0 Å². The molecule has 0 spiro atoms. The third kappa shape index (κ3) is 2.55. The van der Waals surface area contributed by atoms with Gasteiger partial charge in [0.05, 0.1) is 0 Å². The van der Waals surface area contributed by atoms with Gasteiger partial charge in [-0.25, -0.2) is 9.50 Å². The fourth-order valence-electron chi connectivity index (χ4n) is 2.91. The molecule has 0 bridgehead atoms. The second-order valence-electron chi connectivity index (χ2n) is 5.92. The summed E-state index contributed by atoms with van der Waals surface area (Å²) < 4.78 is 1.87. The second kappa shape index (κ2) is 5.50. The third-order valence-electron chi connectivity index (χ3n) is 4.27. The lowest BCUT2D eigenvalue weighted by atomic mass is 9.95. The topological polar surface area (TPSA) is 59.5 Å². The molecule has 20 heavy (non-hydrogen) atoms. The second-order valence-corrected chi connectivity index (χ2v) is 5.92. The van der Waals surface area contributed by atoms with Crippen LogP contribution in [0.3, 0.4) is 0 Å². The van der Waals surface area contributed by atoms with Crippen molar-refractivity contribution in [1.82, 2.24) is 19.5 Å². The Morgan fingerprint density at radius 2 is 2.05 bits per heavy atom. The van der Waals surface area contributed by atoms with Gasteiger partial charge in [-0.15, -0.1) is 0 Å². The zero-order chi connectivity index (χ0) is 14.1. The molecule has 0 aromatic carbocycles. The average molecular weight is 273 g/mol. The molecule has 0 amide bonds. The summed E-state index contributed by atoms with van der Waals surface area (Å²) in [5.41, 5.74) is 7.67. The maximum absolute atomic E-state index is 5.67. The van der Waals surface area contributed by atoms with E-state index >= 15 is 0 Å². The smallest absolute Gasteiger partial charge is 0.155 e. The molecule has 5 heteroatoms. The number of pyridine rings is 1. The molecule has 1 aliphatic heterocycles. The molecule has 108 valence electrons. The first-order valence-corrected chi connectivity index (χ1v) is 7.46. The number of fused-ring (bicyclic) bond motifs is 1. The molecule has 1 saturated heterocycles. The molecule has 0 saturated carbocycles. The lowest BCUT2D eigenvalue weighted by Crippen LogP contribution is -2.38. The molecule has 3 heterocycles. The normalized spacial score (nSPS) is 18.2. The van der Waals surface area contributed by atoms with Gasteiger partial charge in [0.1, 0.15) is 0 Å². The van der Waals surface area contributed by atoms with Crippen LogP contribution in [0.5, 0.6) is 0 Å². The largest absolute Gasteiger partial charge is 0.326 e. The van der Waals surface area contributed by atoms with Crippen molar-refractivity contribution in [3.05, 3.63) is 29.7 Å². The first-order valence-electron chi connectivity index (χ1n) is 7.46. The molecule has 3 rings (SSSR count). The summed E-state index contributed by atoms with van der Waals surface area (Å²) >= 11 is 0. The van der Waals surface area contributed by atoms with Crippen molar-refractivity contribution < 1.29 is 0 Å². The van der Waals surface area contributed by atoms with Gasteiger partial charge in [-0.2, -0.15) is 5.10 Å². The molecule has 2 aromatic rings. The van der Waals surface area contributed by atoms with Crippen LogP contribution in [0.1, 0.15) is 44.0 Å². The minimum Gasteiger partial charge on any atom is -0.326 e. The third-order valence-corrected chi connectivity index (χ3v) is 4.27. The average Bonchev–Trinajstić information content (AvgIpc) is 2.90. The van der Waals surface area contributed by atoms with E-state index in [0.717, 1.165) is 43.0 Å². The van der Waals surface area contributed by atoms with Crippen LogP contribution in [0.4, 0.5) is 0 Å². The molecular formula is C15H23N5. The Labute approximate surface area is 119 Å². The van der Waals surface area contributed by atoms with E-state index in [1.807, 2.05) is 22.8 Å². The standard InChI is InChI=1S/C15H23N5/c1-11(2)19-7-5-13(6-8-19)15-17-14-4-3-12(9-16)10-20(14)18-15/h3-4,10-11,13H,5-9,16H2,1-2H3. The fraction of sp³-hybridized carbons (Fsp3) is 0.600. The van der Waals surface area contributed by atoms with Gasteiger partial charge >= 0.3 is 0 Å². The van der Waals surface area contributed by atoms with Gasteiger partial charge in [0, 0.05) is 24.7 Å². The maximum atomic E-state index is 5.67. The van der Waals surface area contributed by atoms with Crippen LogP contribution >= 0.6 is 0 Å². The van der Waals surface area contributed by atoms with Gasteiger partial charge in [-0.1, -0.05) is 6.07 Å². The summed E-state index contributed by atoms with van der Waals surface area (Å²) in [7, 11) is 0. The van der Waals surface area contributed by atoms with Crippen LogP contribution in [-0.2, 0) is 6.54 Å². The molecule has 0 unspecified atom stereocenters. The molecule has 1 aliphatic rings. The van der Waals surface area contributed by atoms with Crippen LogP contribution in [0, 0.1) is 0 Å². The SMILES string of the molecule is CC(C)N1CCC(c2nc3ccc(CN)cn3n2)CC1. The Morgan fingerprint density at radius 3 is 2.70 bits per heavy atom. The van der Waals surface area contributed by atoms with Crippen molar-refractivity contribution >= 4 is 5.65 Å². The Hall–Kier alpha value is -1.46. The van der Waals surface area contributed by atoms with Crippen molar-refractivity contribution in [2.75, 3.05) is 13.1 Å². The van der Waals surface area contributed by atoms with Crippen LogP contribution in [0.15, 0.2) is 18.3 Å². The van der Waals surface area contributed by atoms with Gasteiger partial charge in [-0.3, -0.25) is 0 Å². The lowest BCUT2D eigenvalue weighted by molar-refractivity contribution is 0.169. The molecule has 5 nitrogen and oxygen atoms in total. The monoisotopic (exact) mass is 273 g/mol. The molecule has 2 aromatic heterocycles. The molecule has 0 atom stereocenters. The summed E-state index contributed by atoms with van der Waals surface area (Å²) in [5, 5.41) is 4.65. The molecular weight excluding hydrogens is 250 g/mol. The Morgan fingerprint density at radius 1 is 1.30 bits per heavy atom. The molecule has 2 N–H and O–H groups in total. The van der Waals surface area contributed by atoms with E-state index in [4.69, 9.17) is 5.73 Å². The summed E-state index contributed by atoms with van der Waals surface area (Å²) in [6.07, 6.45) is 4.28. The first kappa shape index (κ1) is 13.5. The number of hydrogen-bond acceptors (Lipinski definition) is 4. The highest BCUT2D eigenvalue weighted by Crippen LogP contribution is 2.26. The van der Waals surface area contributed by atoms with E-state index in [1.54, 1.807) is 0 Å². The van der Waals surface area contributed by atoms with Crippen LogP contribution in [0.2, 0.25) is 0 Å². The minimum absolute atomic E-state index is 0.492. The number of piperidine rings is 1. The highest BCUT2D eigenvalue weighted by Gasteiger charge is 2.24. The lowest BCUT2D eigenvalue weighted by Gasteiger charge is -2.33. The number of hydrogen-bond donors (Lipinski definition) is 1. The van der Waals surface area contributed by atoms with Crippen molar-refractivity contribution in [3.8, 4) is 0 Å². The van der Waals surface area contributed by atoms with Crippen molar-refractivity contribution in [2.24, 2.45) is 5.73 Å². The summed E-state index contributed by atoms with van der Waals surface area (Å²) in [6.45, 7) is 7.35. The number of likely N-dealkylation sites (tertiary alicyclic amines) is 1. The van der Waals surface area contributed by atoms with Gasteiger partial charge < -0.3 is 10.6 Å². The predicted octanol–water partition coefficient (Wildman–Crippen LogP) is 1.78. The number of nitrogens with two attached hydrogens (primary N) is 1. The number of nitrogens with zero attached hydrogens (tertiary/aromatic N) is 4. The summed E-state index contributed by atoms with van der Waals surface area (Å²) in [4.78, 5) is 7.20. The minimum atomic E-state index is 0.492. The van der Waals surface area contributed by atoms with E-state index < -0.39 is 0 Å². The van der Waals surface area contributed by atoms with E-state index in [9.17, 15) is 0 Å². The van der Waals surface area contributed by atoms with Gasteiger partial charge in [0.25, 0.3) is 0 Å². The molecule has 1 fully saturated rings. The zero-order valence-corrected chi connectivity index (χ0v) is 12.3. The predicted molar refractivity (Wildman–Crippen MR) is 79.6 cm³/mol. The fourth-order valence-corrected chi connectivity index (χ4v) is 2.91. The number of rotatable bonds is 3.